The Kier molecular flexibility index (Phi) is 3.12. The molecule has 2 aromatic rings. The summed E-state index contributed by atoms with van der Waals surface area (Å²) >= 11 is 0. The van der Waals surface area contributed by atoms with Crippen molar-refractivity contribution < 1.29 is 9.21 Å². The summed E-state index contributed by atoms with van der Waals surface area (Å²) < 4.78 is 5.30. The number of hydrogen-bond acceptors (Lipinski definition) is 4. The maximum absolute atomic E-state index is 12.5. The van der Waals surface area contributed by atoms with Crippen molar-refractivity contribution >= 4 is 16.9 Å². The van der Waals surface area contributed by atoms with Crippen molar-refractivity contribution in [3.63, 3.8) is 0 Å². The van der Waals surface area contributed by atoms with Crippen LogP contribution in [0.25, 0.3) is 11.0 Å². The molecule has 112 valence electrons. The van der Waals surface area contributed by atoms with Crippen LogP contribution < -0.4 is 5.32 Å². The zero-order valence-electron chi connectivity index (χ0n) is 12.2. The van der Waals surface area contributed by atoms with Gasteiger partial charge in [0.25, 0.3) is 5.91 Å². The summed E-state index contributed by atoms with van der Waals surface area (Å²) in [5.41, 5.74) is 1.69. The molecular weight excluding hydrogens is 278 g/mol. The van der Waals surface area contributed by atoms with E-state index in [4.69, 9.17) is 9.68 Å². The van der Waals surface area contributed by atoms with Gasteiger partial charge in [-0.15, -0.1) is 0 Å². The van der Waals surface area contributed by atoms with Gasteiger partial charge in [-0.3, -0.25) is 4.79 Å². The fourth-order valence-electron chi connectivity index (χ4n) is 3.64. The highest BCUT2D eigenvalue weighted by Gasteiger charge is 2.34. The third-order valence-electron chi connectivity index (χ3n) is 4.93. The smallest absolute Gasteiger partial charge is 0.251 e. The molecule has 5 rings (SSSR count). The summed E-state index contributed by atoms with van der Waals surface area (Å²) in [5.74, 6) is 0.534. The Morgan fingerprint density at radius 2 is 2.18 bits per heavy atom. The molecule has 0 spiro atoms. The van der Waals surface area contributed by atoms with E-state index in [0.29, 0.717) is 28.0 Å². The fourth-order valence-corrected chi connectivity index (χ4v) is 3.64. The van der Waals surface area contributed by atoms with E-state index in [1.165, 1.54) is 19.1 Å². The molecule has 2 bridgehead atoms. The van der Waals surface area contributed by atoms with Gasteiger partial charge in [0, 0.05) is 23.5 Å². The van der Waals surface area contributed by atoms with Crippen LogP contribution in [0.4, 0.5) is 0 Å². The van der Waals surface area contributed by atoms with Crippen LogP contribution in [0.2, 0.25) is 0 Å². The van der Waals surface area contributed by atoms with Gasteiger partial charge in [-0.05, 0) is 50.0 Å². The van der Waals surface area contributed by atoms with Crippen molar-refractivity contribution in [2.75, 3.05) is 19.6 Å². The number of nitriles is 1. The maximum Gasteiger partial charge on any atom is 0.251 e. The van der Waals surface area contributed by atoms with Gasteiger partial charge < -0.3 is 14.6 Å². The Bertz CT molecular complexity index is 766. The molecule has 0 unspecified atom stereocenters. The molecule has 1 N–H and O–H groups in total. The monoisotopic (exact) mass is 295 g/mol. The Hall–Kier alpha value is -2.32. The third kappa shape index (κ3) is 2.16. The molecule has 3 aliphatic rings. The number of hydrogen-bond donors (Lipinski definition) is 1. The maximum atomic E-state index is 12.5. The summed E-state index contributed by atoms with van der Waals surface area (Å²) in [4.78, 5) is 14.9. The lowest BCUT2D eigenvalue weighted by Gasteiger charge is -2.44. The van der Waals surface area contributed by atoms with Gasteiger partial charge in [-0.2, -0.15) is 5.26 Å². The summed E-state index contributed by atoms with van der Waals surface area (Å²) in [6.07, 6.45) is 3.77. The van der Waals surface area contributed by atoms with Crippen LogP contribution in [0, 0.1) is 17.2 Å². The molecule has 1 aromatic heterocycles. The molecule has 3 aliphatic heterocycles. The number of rotatable bonds is 2. The van der Waals surface area contributed by atoms with Crippen LogP contribution in [0.15, 0.2) is 28.9 Å². The summed E-state index contributed by atoms with van der Waals surface area (Å²) in [5, 5.41) is 12.9. The van der Waals surface area contributed by atoms with Crippen LogP contribution in [0.5, 0.6) is 0 Å². The van der Waals surface area contributed by atoms with Gasteiger partial charge in [0.1, 0.15) is 17.9 Å². The van der Waals surface area contributed by atoms with Gasteiger partial charge in [0.05, 0.1) is 5.56 Å². The number of carbonyl (C=O) groups excluding carboxylic acids is 1. The second-order valence-corrected chi connectivity index (χ2v) is 6.19. The molecular formula is C17H17N3O2. The first kappa shape index (κ1) is 13.4. The fraction of sp³-hybridized carbons (Fsp3) is 0.412. The van der Waals surface area contributed by atoms with Crippen LogP contribution in [-0.2, 0) is 0 Å². The lowest BCUT2D eigenvalue weighted by Crippen LogP contribution is -2.57. The van der Waals surface area contributed by atoms with E-state index in [9.17, 15) is 4.79 Å². The van der Waals surface area contributed by atoms with E-state index in [0.717, 1.165) is 19.6 Å². The van der Waals surface area contributed by atoms with Gasteiger partial charge in [0.15, 0.2) is 0 Å². The predicted octanol–water partition coefficient (Wildman–Crippen LogP) is 2.13. The summed E-state index contributed by atoms with van der Waals surface area (Å²) in [6.45, 7) is 3.26. The zero-order chi connectivity index (χ0) is 15.1. The molecule has 5 heteroatoms. The van der Waals surface area contributed by atoms with E-state index >= 15 is 0 Å². The quantitative estimate of drug-likeness (QED) is 0.921. The molecule has 4 heterocycles. The van der Waals surface area contributed by atoms with Crippen LogP contribution in [-0.4, -0.2) is 36.5 Å². The Morgan fingerprint density at radius 1 is 1.36 bits per heavy atom. The van der Waals surface area contributed by atoms with E-state index in [2.05, 4.69) is 16.3 Å². The van der Waals surface area contributed by atoms with Crippen molar-refractivity contribution in [1.82, 2.24) is 10.2 Å². The van der Waals surface area contributed by atoms with Gasteiger partial charge in [-0.25, -0.2) is 0 Å². The molecule has 0 aliphatic carbocycles. The molecule has 1 amide bonds. The average molecular weight is 295 g/mol. The van der Waals surface area contributed by atoms with E-state index in [-0.39, 0.29) is 11.9 Å². The summed E-state index contributed by atoms with van der Waals surface area (Å²) in [7, 11) is 0. The lowest BCUT2D eigenvalue weighted by molar-refractivity contribution is 0.0620. The van der Waals surface area contributed by atoms with Crippen molar-refractivity contribution in [2.45, 2.75) is 18.9 Å². The first-order valence-corrected chi connectivity index (χ1v) is 7.69. The standard InChI is InChI=1S/C17H17N3O2/c18-8-13-10-22-16-2-1-12(7-14(13)16)17(21)19-15-9-20-5-3-11(15)4-6-20/h1-2,7,10-11,15H,3-6,9H2,(H,19,21)/t15-/m0/s1. The van der Waals surface area contributed by atoms with Crippen LogP contribution in [0.3, 0.4) is 0 Å². The number of nitrogens with zero attached hydrogens (tertiary/aromatic N) is 2. The number of benzene rings is 1. The van der Waals surface area contributed by atoms with Crippen molar-refractivity contribution in [1.29, 1.82) is 5.26 Å². The number of amides is 1. The molecule has 1 aromatic carbocycles. The number of piperidine rings is 3. The molecule has 3 saturated heterocycles. The number of carbonyl (C=O) groups is 1. The second-order valence-electron chi connectivity index (χ2n) is 6.19. The van der Waals surface area contributed by atoms with Gasteiger partial charge in [-0.1, -0.05) is 0 Å². The molecule has 0 radical (unpaired) electrons. The van der Waals surface area contributed by atoms with Gasteiger partial charge >= 0.3 is 0 Å². The largest absolute Gasteiger partial charge is 0.463 e. The number of furan rings is 1. The minimum atomic E-state index is -0.0641. The molecule has 22 heavy (non-hydrogen) atoms. The van der Waals surface area contributed by atoms with E-state index < -0.39 is 0 Å². The Morgan fingerprint density at radius 3 is 2.86 bits per heavy atom. The third-order valence-corrected chi connectivity index (χ3v) is 4.93. The highest BCUT2D eigenvalue weighted by Crippen LogP contribution is 2.28. The minimum absolute atomic E-state index is 0.0641. The van der Waals surface area contributed by atoms with Gasteiger partial charge in [0.2, 0.25) is 0 Å². The molecule has 0 saturated carbocycles. The number of nitrogens with one attached hydrogen (secondary N) is 1. The predicted molar refractivity (Wildman–Crippen MR) is 81.3 cm³/mol. The Balaban J connectivity index is 1.56. The molecule has 1 atom stereocenters. The summed E-state index contributed by atoms with van der Waals surface area (Å²) in [6, 6.07) is 7.58. The van der Waals surface area contributed by atoms with E-state index in [1.807, 2.05) is 0 Å². The topological polar surface area (TPSA) is 69.3 Å². The van der Waals surface area contributed by atoms with Crippen LogP contribution >= 0.6 is 0 Å². The van der Waals surface area contributed by atoms with Crippen molar-refractivity contribution in [2.24, 2.45) is 5.92 Å². The first-order valence-electron chi connectivity index (χ1n) is 7.69. The minimum Gasteiger partial charge on any atom is -0.463 e. The number of fused-ring (bicyclic) bond motifs is 4. The SMILES string of the molecule is N#Cc1coc2ccc(C(=O)N[C@H]3CN4CCC3CC4)cc12. The first-order chi connectivity index (χ1) is 10.7. The second kappa shape index (κ2) is 5.15. The highest BCUT2D eigenvalue weighted by atomic mass is 16.3. The van der Waals surface area contributed by atoms with E-state index in [1.54, 1.807) is 18.2 Å². The Labute approximate surface area is 128 Å². The van der Waals surface area contributed by atoms with Crippen LogP contribution in [0.1, 0.15) is 28.8 Å². The lowest BCUT2D eigenvalue weighted by atomic mass is 9.84. The highest BCUT2D eigenvalue weighted by molar-refractivity contribution is 5.99. The van der Waals surface area contributed by atoms with Crippen molar-refractivity contribution in [3.05, 3.63) is 35.6 Å². The van der Waals surface area contributed by atoms with Crippen molar-refractivity contribution in [3.8, 4) is 6.07 Å². The molecule has 3 fully saturated rings. The average Bonchev–Trinajstić information content (AvgIpc) is 2.98. The molecule has 5 nitrogen and oxygen atoms in total. The zero-order valence-corrected chi connectivity index (χ0v) is 12.2. The normalized spacial score (nSPS) is 26.8.